The standard InChI is InChI=1S/C27H26N6O/c1-4-32-17-20(15-29-32)26-14-23(22-12-8-9-13-25(22)30-26)27(34)28-16-24-18(2)31-33(19(24)3)21-10-6-5-7-11-21/h5-15,17H,4,16H2,1-3H3,(H,28,34). The highest BCUT2D eigenvalue weighted by molar-refractivity contribution is 6.07. The average molecular weight is 451 g/mol. The van der Waals surface area contributed by atoms with E-state index in [0.717, 1.165) is 51.3 Å². The fourth-order valence-electron chi connectivity index (χ4n) is 4.20. The maximum Gasteiger partial charge on any atom is 0.252 e. The first kappa shape index (κ1) is 21.6. The Kier molecular flexibility index (Phi) is 5.67. The van der Waals surface area contributed by atoms with Crippen LogP contribution in [-0.2, 0) is 13.1 Å². The molecule has 34 heavy (non-hydrogen) atoms. The minimum atomic E-state index is -0.144. The van der Waals surface area contributed by atoms with Crippen LogP contribution in [0, 0.1) is 13.8 Å². The molecule has 0 saturated heterocycles. The molecule has 0 saturated carbocycles. The van der Waals surface area contributed by atoms with Crippen molar-refractivity contribution in [2.24, 2.45) is 0 Å². The summed E-state index contributed by atoms with van der Waals surface area (Å²) in [4.78, 5) is 18.2. The van der Waals surface area contributed by atoms with Crippen LogP contribution in [0.1, 0.15) is 34.2 Å². The molecule has 3 heterocycles. The van der Waals surface area contributed by atoms with Crippen LogP contribution in [0.4, 0.5) is 0 Å². The quantitative estimate of drug-likeness (QED) is 0.401. The van der Waals surface area contributed by atoms with E-state index >= 15 is 0 Å². The number of fused-ring (bicyclic) bond motifs is 1. The van der Waals surface area contributed by atoms with Crippen molar-refractivity contribution in [3.05, 3.63) is 95.6 Å². The summed E-state index contributed by atoms with van der Waals surface area (Å²) in [6.45, 7) is 7.20. The van der Waals surface area contributed by atoms with E-state index in [-0.39, 0.29) is 5.91 Å². The average Bonchev–Trinajstić information content (AvgIpc) is 3.47. The summed E-state index contributed by atoms with van der Waals surface area (Å²) in [7, 11) is 0. The molecule has 7 nitrogen and oxygen atoms in total. The van der Waals surface area contributed by atoms with Gasteiger partial charge < -0.3 is 5.32 Å². The molecule has 3 aromatic heterocycles. The summed E-state index contributed by atoms with van der Waals surface area (Å²) in [5.41, 5.74) is 6.91. The number of aryl methyl sites for hydroxylation is 2. The fraction of sp³-hybridized carbons (Fsp3) is 0.185. The Balaban J connectivity index is 1.46. The molecule has 0 bridgehead atoms. The Bertz CT molecular complexity index is 1480. The molecule has 5 aromatic rings. The molecule has 7 heteroatoms. The first-order chi connectivity index (χ1) is 16.5. The third-order valence-electron chi connectivity index (χ3n) is 6.08. The molecule has 0 atom stereocenters. The molecule has 0 fully saturated rings. The highest BCUT2D eigenvalue weighted by Gasteiger charge is 2.17. The Morgan fingerprint density at radius 1 is 1.03 bits per heavy atom. The highest BCUT2D eigenvalue weighted by atomic mass is 16.1. The van der Waals surface area contributed by atoms with Gasteiger partial charge in [-0.15, -0.1) is 0 Å². The second kappa shape index (κ2) is 8.94. The molecule has 5 rings (SSSR count). The van der Waals surface area contributed by atoms with Gasteiger partial charge in [0.2, 0.25) is 0 Å². The zero-order chi connectivity index (χ0) is 23.7. The minimum absolute atomic E-state index is 0.144. The highest BCUT2D eigenvalue weighted by Crippen LogP contribution is 2.25. The maximum atomic E-state index is 13.4. The number of carbonyl (C=O) groups is 1. The van der Waals surface area contributed by atoms with Crippen LogP contribution in [-0.4, -0.2) is 30.5 Å². The van der Waals surface area contributed by atoms with E-state index in [2.05, 4.69) is 10.4 Å². The predicted molar refractivity (Wildman–Crippen MR) is 133 cm³/mol. The van der Waals surface area contributed by atoms with Gasteiger partial charge >= 0.3 is 0 Å². The summed E-state index contributed by atoms with van der Waals surface area (Å²) >= 11 is 0. The van der Waals surface area contributed by atoms with Crippen molar-refractivity contribution in [2.75, 3.05) is 0 Å². The summed E-state index contributed by atoms with van der Waals surface area (Å²) in [6, 6.07) is 19.6. The number of aromatic nitrogens is 5. The van der Waals surface area contributed by atoms with Crippen molar-refractivity contribution in [1.29, 1.82) is 0 Å². The second-order valence-corrected chi connectivity index (χ2v) is 8.24. The van der Waals surface area contributed by atoms with Gasteiger partial charge in [-0.05, 0) is 45.0 Å². The molecule has 2 aromatic carbocycles. The lowest BCUT2D eigenvalue weighted by Crippen LogP contribution is -2.24. The number of rotatable bonds is 6. The van der Waals surface area contributed by atoms with Crippen molar-refractivity contribution in [2.45, 2.75) is 33.9 Å². The molecular formula is C27H26N6O. The largest absolute Gasteiger partial charge is 0.348 e. The predicted octanol–water partition coefficient (Wildman–Crippen LogP) is 4.85. The van der Waals surface area contributed by atoms with Gasteiger partial charge in [0, 0.05) is 41.5 Å². The van der Waals surface area contributed by atoms with Crippen LogP contribution >= 0.6 is 0 Å². The minimum Gasteiger partial charge on any atom is -0.348 e. The van der Waals surface area contributed by atoms with E-state index < -0.39 is 0 Å². The number of para-hydroxylation sites is 2. The van der Waals surface area contributed by atoms with Gasteiger partial charge in [-0.1, -0.05) is 36.4 Å². The smallest absolute Gasteiger partial charge is 0.252 e. The summed E-state index contributed by atoms with van der Waals surface area (Å²) in [5.74, 6) is -0.144. The van der Waals surface area contributed by atoms with Crippen molar-refractivity contribution in [3.8, 4) is 16.9 Å². The Morgan fingerprint density at radius 2 is 1.79 bits per heavy atom. The summed E-state index contributed by atoms with van der Waals surface area (Å²) < 4.78 is 3.77. The number of carbonyl (C=O) groups excluding carboxylic acids is 1. The van der Waals surface area contributed by atoms with E-state index in [0.29, 0.717) is 12.1 Å². The van der Waals surface area contributed by atoms with Crippen molar-refractivity contribution in [3.63, 3.8) is 0 Å². The molecule has 0 aliphatic carbocycles. The van der Waals surface area contributed by atoms with Crippen LogP contribution in [0.25, 0.3) is 27.8 Å². The number of nitrogens with zero attached hydrogens (tertiary/aromatic N) is 5. The zero-order valence-corrected chi connectivity index (χ0v) is 19.5. The number of hydrogen-bond donors (Lipinski definition) is 1. The Labute approximate surface area is 198 Å². The van der Waals surface area contributed by atoms with E-state index in [4.69, 9.17) is 10.1 Å². The van der Waals surface area contributed by atoms with Crippen LogP contribution in [0.3, 0.4) is 0 Å². The molecule has 0 aliphatic heterocycles. The van der Waals surface area contributed by atoms with E-state index in [1.807, 2.05) is 97.0 Å². The SMILES string of the molecule is CCn1cc(-c2cc(C(=O)NCc3c(C)nn(-c4ccccc4)c3C)c3ccccc3n2)cn1. The molecule has 170 valence electrons. The van der Waals surface area contributed by atoms with Gasteiger partial charge in [0.1, 0.15) is 0 Å². The van der Waals surface area contributed by atoms with Gasteiger partial charge in [-0.25, -0.2) is 9.67 Å². The third-order valence-corrected chi connectivity index (χ3v) is 6.08. The second-order valence-electron chi connectivity index (χ2n) is 8.24. The molecule has 1 amide bonds. The molecule has 0 aliphatic rings. The normalized spacial score (nSPS) is 11.1. The van der Waals surface area contributed by atoms with Gasteiger partial charge in [-0.2, -0.15) is 10.2 Å². The summed E-state index contributed by atoms with van der Waals surface area (Å²) in [6.07, 6.45) is 3.73. The fourth-order valence-corrected chi connectivity index (χ4v) is 4.20. The van der Waals surface area contributed by atoms with Gasteiger partial charge in [-0.3, -0.25) is 9.48 Å². The zero-order valence-electron chi connectivity index (χ0n) is 19.5. The van der Waals surface area contributed by atoms with E-state index in [1.54, 1.807) is 6.20 Å². The third kappa shape index (κ3) is 3.96. The number of pyridine rings is 1. The number of hydrogen-bond acceptors (Lipinski definition) is 4. The topological polar surface area (TPSA) is 77.6 Å². The van der Waals surface area contributed by atoms with Crippen molar-refractivity contribution < 1.29 is 4.79 Å². The molecular weight excluding hydrogens is 424 g/mol. The van der Waals surface area contributed by atoms with Gasteiger partial charge in [0.15, 0.2) is 0 Å². The lowest BCUT2D eigenvalue weighted by atomic mass is 10.0. The van der Waals surface area contributed by atoms with Crippen LogP contribution in [0.15, 0.2) is 73.1 Å². The molecule has 1 N–H and O–H groups in total. The molecule has 0 unspecified atom stereocenters. The van der Waals surface area contributed by atoms with Crippen molar-refractivity contribution in [1.82, 2.24) is 29.9 Å². The van der Waals surface area contributed by atoms with Crippen LogP contribution in [0.2, 0.25) is 0 Å². The molecule has 0 spiro atoms. The Hall–Kier alpha value is -4.26. The monoisotopic (exact) mass is 450 g/mol. The van der Waals surface area contributed by atoms with Gasteiger partial charge in [0.25, 0.3) is 5.91 Å². The number of nitrogens with one attached hydrogen (secondary N) is 1. The molecule has 0 radical (unpaired) electrons. The maximum absolute atomic E-state index is 13.4. The van der Waals surface area contributed by atoms with E-state index in [1.165, 1.54) is 0 Å². The van der Waals surface area contributed by atoms with Crippen LogP contribution in [0.5, 0.6) is 0 Å². The first-order valence-electron chi connectivity index (χ1n) is 11.4. The first-order valence-corrected chi connectivity index (χ1v) is 11.4. The van der Waals surface area contributed by atoms with Crippen LogP contribution < -0.4 is 5.32 Å². The lowest BCUT2D eigenvalue weighted by Gasteiger charge is -2.11. The Morgan fingerprint density at radius 3 is 2.56 bits per heavy atom. The summed E-state index contributed by atoms with van der Waals surface area (Å²) in [5, 5.41) is 13.0. The van der Waals surface area contributed by atoms with Crippen molar-refractivity contribution >= 4 is 16.8 Å². The number of benzene rings is 2. The van der Waals surface area contributed by atoms with E-state index in [9.17, 15) is 4.79 Å². The lowest BCUT2D eigenvalue weighted by molar-refractivity contribution is 0.0952. The van der Waals surface area contributed by atoms with Gasteiger partial charge in [0.05, 0.1) is 34.4 Å². The number of amides is 1.